The molecule has 0 bridgehead atoms. The lowest BCUT2D eigenvalue weighted by Crippen LogP contribution is -2.14. The van der Waals surface area contributed by atoms with Crippen molar-refractivity contribution in [3.8, 4) is 0 Å². The summed E-state index contributed by atoms with van der Waals surface area (Å²) in [6.07, 6.45) is -1.02. The number of benzene rings is 2. The number of methoxy groups -OCH3 is 1. The van der Waals surface area contributed by atoms with Crippen LogP contribution in [0.5, 0.6) is 0 Å². The van der Waals surface area contributed by atoms with Gasteiger partial charge in [-0.2, -0.15) is 0 Å². The summed E-state index contributed by atoms with van der Waals surface area (Å²) in [6.45, 7) is 6.18. The molecule has 2 rings (SSSR count). The molecular formula is C18H22O2. The van der Waals surface area contributed by atoms with Crippen LogP contribution in [0.1, 0.15) is 40.0 Å². The van der Waals surface area contributed by atoms with Crippen LogP contribution in [0.3, 0.4) is 0 Å². The molecule has 0 saturated heterocycles. The predicted molar refractivity (Wildman–Crippen MR) is 81.8 cm³/mol. The number of aliphatic hydroxyl groups is 1. The zero-order chi connectivity index (χ0) is 14.7. The molecule has 0 spiro atoms. The second-order valence-corrected chi connectivity index (χ2v) is 5.30. The first-order valence-electron chi connectivity index (χ1n) is 6.88. The number of rotatable bonds is 4. The summed E-state index contributed by atoms with van der Waals surface area (Å²) in [5.74, 6) is 0. The van der Waals surface area contributed by atoms with Crippen molar-refractivity contribution in [2.75, 3.05) is 7.11 Å². The van der Waals surface area contributed by atoms with E-state index in [1.54, 1.807) is 7.11 Å². The van der Waals surface area contributed by atoms with Crippen LogP contribution in [0.2, 0.25) is 0 Å². The van der Waals surface area contributed by atoms with Gasteiger partial charge in [-0.3, -0.25) is 0 Å². The number of aryl methyl sites for hydroxylation is 3. The Morgan fingerprint density at radius 2 is 1.50 bits per heavy atom. The zero-order valence-electron chi connectivity index (χ0n) is 12.6. The lowest BCUT2D eigenvalue weighted by atomic mass is 9.92. The SMILES string of the molecule is COC(c1ccccc1)C(O)c1cc(C)c(C)cc1C. The van der Waals surface area contributed by atoms with E-state index in [2.05, 4.69) is 26.0 Å². The van der Waals surface area contributed by atoms with E-state index in [0.29, 0.717) is 0 Å². The first-order valence-corrected chi connectivity index (χ1v) is 6.88. The van der Waals surface area contributed by atoms with Crippen molar-refractivity contribution in [1.82, 2.24) is 0 Å². The minimum absolute atomic E-state index is 0.350. The van der Waals surface area contributed by atoms with Gasteiger partial charge in [0.05, 0.1) is 0 Å². The van der Waals surface area contributed by atoms with E-state index in [1.165, 1.54) is 11.1 Å². The Morgan fingerprint density at radius 1 is 0.900 bits per heavy atom. The van der Waals surface area contributed by atoms with Crippen molar-refractivity contribution < 1.29 is 9.84 Å². The van der Waals surface area contributed by atoms with Crippen LogP contribution in [0.25, 0.3) is 0 Å². The Bertz CT molecular complexity index is 575. The van der Waals surface area contributed by atoms with Crippen molar-refractivity contribution in [2.24, 2.45) is 0 Å². The highest BCUT2D eigenvalue weighted by Gasteiger charge is 2.24. The maximum absolute atomic E-state index is 10.7. The molecule has 106 valence electrons. The van der Waals surface area contributed by atoms with Crippen molar-refractivity contribution in [3.63, 3.8) is 0 Å². The fourth-order valence-electron chi connectivity index (χ4n) is 2.55. The van der Waals surface area contributed by atoms with Gasteiger partial charge < -0.3 is 9.84 Å². The Balaban J connectivity index is 2.39. The summed E-state index contributed by atoms with van der Waals surface area (Å²) >= 11 is 0. The van der Waals surface area contributed by atoms with Gasteiger partial charge >= 0.3 is 0 Å². The topological polar surface area (TPSA) is 29.5 Å². The van der Waals surface area contributed by atoms with Gasteiger partial charge in [0, 0.05) is 7.11 Å². The first-order chi connectivity index (χ1) is 9.54. The molecule has 0 heterocycles. The third-order valence-corrected chi connectivity index (χ3v) is 3.87. The summed E-state index contributed by atoms with van der Waals surface area (Å²) < 4.78 is 5.53. The van der Waals surface area contributed by atoms with Crippen LogP contribution in [-0.2, 0) is 4.74 Å². The fraction of sp³-hybridized carbons (Fsp3) is 0.333. The number of hydrogen-bond acceptors (Lipinski definition) is 2. The average Bonchev–Trinajstić information content (AvgIpc) is 2.44. The van der Waals surface area contributed by atoms with Crippen LogP contribution in [0.4, 0.5) is 0 Å². The van der Waals surface area contributed by atoms with Gasteiger partial charge in [-0.1, -0.05) is 42.5 Å². The third kappa shape index (κ3) is 2.92. The van der Waals surface area contributed by atoms with E-state index in [1.807, 2.05) is 37.3 Å². The van der Waals surface area contributed by atoms with E-state index in [9.17, 15) is 5.11 Å². The Hall–Kier alpha value is -1.64. The number of hydrogen-bond donors (Lipinski definition) is 1. The van der Waals surface area contributed by atoms with Crippen LogP contribution in [0, 0.1) is 20.8 Å². The summed E-state index contributed by atoms with van der Waals surface area (Å²) in [4.78, 5) is 0. The molecule has 2 heteroatoms. The molecule has 2 aromatic rings. The largest absolute Gasteiger partial charge is 0.385 e. The Labute approximate surface area is 121 Å². The van der Waals surface area contributed by atoms with Gasteiger partial charge in [-0.15, -0.1) is 0 Å². The lowest BCUT2D eigenvalue weighted by molar-refractivity contribution is -0.0152. The third-order valence-electron chi connectivity index (χ3n) is 3.87. The zero-order valence-corrected chi connectivity index (χ0v) is 12.6. The van der Waals surface area contributed by atoms with Gasteiger partial charge in [0.2, 0.25) is 0 Å². The monoisotopic (exact) mass is 270 g/mol. The van der Waals surface area contributed by atoms with Gasteiger partial charge in [-0.25, -0.2) is 0 Å². The Morgan fingerprint density at radius 3 is 2.10 bits per heavy atom. The van der Waals surface area contributed by atoms with Crippen LogP contribution in [-0.4, -0.2) is 12.2 Å². The summed E-state index contributed by atoms with van der Waals surface area (Å²) in [5.41, 5.74) is 5.45. The minimum atomic E-state index is -0.665. The van der Waals surface area contributed by atoms with E-state index < -0.39 is 6.10 Å². The molecule has 0 saturated carbocycles. The predicted octanol–water partition coefficient (Wildman–Crippen LogP) is 4.03. The Kier molecular flexibility index (Phi) is 4.58. The smallest absolute Gasteiger partial charge is 0.112 e. The molecular weight excluding hydrogens is 248 g/mol. The van der Waals surface area contributed by atoms with Gasteiger partial charge in [0.1, 0.15) is 12.2 Å². The van der Waals surface area contributed by atoms with Gasteiger partial charge in [0.15, 0.2) is 0 Å². The molecule has 2 unspecified atom stereocenters. The van der Waals surface area contributed by atoms with Crippen LogP contribution in [0.15, 0.2) is 42.5 Å². The van der Waals surface area contributed by atoms with Gasteiger partial charge in [0.25, 0.3) is 0 Å². The van der Waals surface area contributed by atoms with Crippen LogP contribution < -0.4 is 0 Å². The highest BCUT2D eigenvalue weighted by Crippen LogP contribution is 2.34. The molecule has 0 aliphatic rings. The molecule has 2 nitrogen and oxygen atoms in total. The first kappa shape index (κ1) is 14.8. The van der Waals surface area contributed by atoms with E-state index in [0.717, 1.165) is 16.7 Å². The van der Waals surface area contributed by atoms with E-state index >= 15 is 0 Å². The second-order valence-electron chi connectivity index (χ2n) is 5.30. The lowest BCUT2D eigenvalue weighted by Gasteiger charge is -2.24. The van der Waals surface area contributed by atoms with Crippen molar-refractivity contribution in [2.45, 2.75) is 33.0 Å². The molecule has 0 aromatic heterocycles. The summed E-state index contributed by atoms with van der Waals surface area (Å²) in [6, 6.07) is 14.0. The fourth-order valence-corrected chi connectivity index (χ4v) is 2.55. The molecule has 0 fully saturated rings. The minimum Gasteiger partial charge on any atom is -0.385 e. The molecule has 2 aromatic carbocycles. The molecule has 1 N–H and O–H groups in total. The van der Waals surface area contributed by atoms with E-state index in [-0.39, 0.29) is 6.10 Å². The van der Waals surface area contributed by atoms with Crippen LogP contribution >= 0.6 is 0 Å². The highest BCUT2D eigenvalue weighted by molar-refractivity contribution is 5.39. The highest BCUT2D eigenvalue weighted by atomic mass is 16.5. The normalized spacial score (nSPS) is 14.1. The number of aliphatic hydroxyl groups excluding tert-OH is 1. The molecule has 0 aliphatic heterocycles. The van der Waals surface area contributed by atoms with Crippen molar-refractivity contribution >= 4 is 0 Å². The average molecular weight is 270 g/mol. The molecule has 20 heavy (non-hydrogen) atoms. The standard InChI is InChI=1S/C18H22O2/c1-12-10-14(3)16(11-13(12)2)17(19)18(20-4)15-8-6-5-7-9-15/h5-11,17-19H,1-4H3. The van der Waals surface area contributed by atoms with Gasteiger partial charge in [-0.05, 0) is 48.6 Å². The maximum Gasteiger partial charge on any atom is 0.112 e. The van der Waals surface area contributed by atoms with Crippen molar-refractivity contribution in [1.29, 1.82) is 0 Å². The second kappa shape index (κ2) is 6.21. The molecule has 0 aliphatic carbocycles. The van der Waals surface area contributed by atoms with Crippen molar-refractivity contribution in [3.05, 3.63) is 70.3 Å². The molecule has 2 atom stereocenters. The summed E-state index contributed by atoms with van der Waals surface area (Å²) in [7, 11) is 1.64. The molecule has 0 amide bonds. The maximum atomic E-state index is 10.7. The van der Waals surface area contributed by atoms with E-state index in [4.69, 9.17) is 4.74 Å². The quantitative estimate of drug-likeness (QED) is 0.908. The molecule has 0 radical (unpaired) electrons. The number of ether oxygens (including phenoxy) is 1. The summed E-state index contributed by atoms with van der Waals surface area (Å²) in [5, 5.41) is 10.7.